The van der Waals surface area contributed by atoms with Crippen molar-refractivity contribution in [2.75, 3.05) is 0 Å². The Morgan fingerprint density at radius 3 is 2.04 bits per heavy atom. The standard InChI is InChI=1S/C24H24O3S/c25-21-6-5-17(22(26)18-3-1-2-4-19(18)23(27)28)10-20(21)24-11-14-7-15(12-24)9-16(8-14)13-24/h1-6,10,14-16,25H,7-9,11-13H2,(H,27,28). The molecule has 4 saturated carbocycles. The van der Waals surface area contributed by atoms with Crippen LogP contribution in [0, 0.1) is 17.8 Å². The van der Waals surface area contributed by atoms with Crippen molar-refractivity contribution in [1.29, 1.82) is 0 Å². The van der Waals surface area contributed by atoms with Gasteiger partial charge in [0.2, 0.25) is 5.12 Å². The summed E-state index contributed by atoms with van der Waals surface area (Å²) in [6.45, 7) is 0. The molecule has 0 aromatic heterocycles. The largest absolute Gasteiger partial charge is 0.508 e. The molecular formula is C24H24O3S. The molecule has 0 atom stereocenters. The first kappa shape index (κ1) is 18.0. The minimum atomic E-state index is -0.413. The van der Waals surface area contributed by atoms with Crippen molar-refractivity contribution in [3.8, 4) is 5.75 Å². The molecule has 0 saturated heterocycles. The van der Waals surface area contributed by atoms with E-state index in [0.717, 1.165) is 42.6 Å². The topological polar surface area (TPSA) is 54.4 Å². The first-order valence-corrected chi connectivity index (χ1v) is 10.6. The van der Waals surface area contributed by atoms with Gasteiger partial charge in [0, 0.05) is 22.3 Å². The third-order valence-corrected chi connectivity index (χ3v) is 7.51. The van der Waals surface area contributed by atoms with Gasteiger partial charge in [-0.1, -0.05) is 18.2 Å². The summed E-state index contributed by atoms with van der Waals surface area (Å²) < 4.78 is 0. The average Bonchev–Trinajstić information content (AvgIpc) is 2.66. The van der Waals surface area contributed by atoms with Gasteiger partial charge in [-0.25, -0.2) is 0 Å². The Morgan fingerprint density at radius 1 is 0.893 bits per heavy atom. The molecule has 3 nitrogen and oxygen atoms in total. The Kier molecular flexibility index (Phi) is 4.16. The average molecular weight is 393 g/mol. The smallest absolute Gasteiger partial charge is 0.217 e. The second-order valence-electron chi connectivity index (χ2n) is 9.11. The lowest BCUT2D eigenvalue weighted by atomic mass is 9.48. The van der Waals surface area contributed by atoms with Crippen molar-refractivity contribution in [3.05, 3.63) is 64.7 Å². The molecular weight excluding hydrogens is 368 g/mol. The molecule has 0 radical (unpaired) electrons. The molecule has 4 bridgehead atoms. The van der Waals surface area contributed by atoms with Crippen LogP contribution in [0.15, 0.2) is 42.5 Å². The number of ketones is 1. The summed E-state index contributed by atoms with van der Waals surface area (Å²) in [6, 6.07) is 12.0. The summed E-state index contributed by atoms with van der Waals surface area (Å²) in [4.78, 5) is 25.0. The molecule has 0 aliphatic heterocycles. The van der Waals surface area contributed by atoms with Crippen LogP contribution in [-0.2, 0) is 5.41 Å². The van der Waals surface area contributed by atoms with Gasteiger partial charge in [-0.15, -0.1) is 12.6 Å². The van der Waals surface area contributed by atoms with Crippen LogP contribution in [0.25, 0.3) is 0 Å². The van der Waals surface area contributed by atoms with Gasteiger partial charge in [0.05, 0.1) is 0 Å². The number of aromatic hydroxyl groups is 1. The van der Waals surface area contributed by atoms with Crippen molar-refractivity contribution in [2.45, 2.75) is 43.9 Å². The van der Waals surface area contributed by atoms with Crippen molar-refractivity contribution < 1.29 is 14.7 Å². The van der Waals surface area contributed by atoms with Gasteiger partial charge in [0.1, 0.15) is 5.75 Å². The molecule has 0 heterocycles. The maximum absolute atomic E-state index is 13.2. The third kappa shape index (κ3) is 2.81. The number of hydrogen-bond acceptors (Lipinski definition) is 3. The van der Waals surface area contributed by atoms with Crippen LogP contribution in [0.2, 0.25) is 0 Å². The fraction of sp³-hybridized carbons (Fsp3) is 0.417. The molecule has 0 spiro atoms. The van der Waals surface area contributed by atoms with E-state index >= 15 is 0 Å². The summed E-state index contributed by atoms with van der Waals surface area (Å²) in [5.41, 5.74) is 2.16. The van der Waals surface area contributed by atoms with Crippen molar-refractivity contribution in [1.82, 2.24) is 0 Å². The molecule has 144 valence electrons. The Balaban J connectivity index is 1.56. The molecule has 2 aromatic carbocycles. The van der Waals surface area contributed by atoms with E-state index in [9.17, 15) is 14.7 Å². The molecule has 1 N–H and O–H groups in total. The van der Waals surface area contributed by atoms with Crippen molar-refractivity contribution in [3.63, 3.8) is 0 Å². The van der Waals surface area contributed by atoms with Crippen LogP contribution in [0.1, 0.15) is 70.4 Å². The van der Waals surface area contributed by atoms with Gasteiger partial charge in [0.25, 0.3) is 0 Å². The number of benzene rings is 2. The van der Waals surface area contributed by atoms with Crippen LogP contribution in [0.4, 0.5) is 0 Å². The van der Waals surface area contributed by atoms with Gasteiger partial charge < -0.3 is 5.11 Å². The van der Waals surface area contributed by atoms with Crippen LogP contribution in [-0.4, -0.2) is 16.0 Å². The summed E-state index contributed by atoms with van der Waals surface area (Å²) in [7, 11) is 0. The zero-order valence-electron chi connectivity index (χ0n) is 15.7. The first-order valence-electron chi connectivity index (χ1n) is 10.2. The molecule has 4 aliphatic carbocycles. The quantitative estimate of drug-likeness (QED) is 0.558. The molecule has 0 amide bonds. The second kappa shape index (κ2) is 6.48. The number of hydrogen-bond donors (Lipinski definition) is 2. The number of thiol groups is 1. The van der Waals surface area contributed by atoms with Gasteiger partial charge in [-0.2, -0.15) is 0 Å². The van der Waals surface area contributed by atoms with Crippen molar-refractivity contribution in [2.24, 2.45) is 17.8 Å². The zero-order chi connectivity index (χ0) is 19.5. The number of phenols is 1. The highest BCUT2D eigenvalue weighted by Crippen LogP contribution is 2.61. The maximum Gasteiger partial charge on any atom is 0.217 e. The minimum Gasteiger partial charge on any atom is -0.508 e. The highest BCUT2D eigenvalue weighted by atomic mass is 32.1. The van der Waals surface area contributed by atoms with E-state index in [2.05, 4.69) is 12.6 Å². The highest BCUT2D eigenvalue weighted by Gasteiger charge is 2.52. The van der Waals surface area contributed by atoms with Crippen LogP contribution < -0.4 is 0 Å². The number of rotatable bonds is 4. The number of carbonyl (C=O) groups is 2. The van der Waals surface area contributed by atoms with Crippen LogP contribution >= 0.6 is 12.6 Å². The third-order valence-electron chi connectivity index (χ3n) is 7.27. The van der Waals surface area contributed by atoms with Crippen LogP contribution in [0.3, 0.4) is 0 Å². The Bertz CT molecular complexity index is 942. The lowest BCUT2D eigenvalue weighted by Gasteiger charge is -2.57. The van der Waals surface area contributed by atoms with E-state index in [1.807, 2.05) is 6.07 Å². The van der Waals surface area contributed by atoms with E-state index < -0.39 is 5.12 Å². The maximum atomic E-state index is 13.2. The molecule has 28 heavy (non-hydrogen) atoms. The molecule has 4 aliphatic rings. The summed E-state index contributed by atoms with van der Waals surface area (Å²) in [5, 5.41) is 10.3. The fourth-order valence-corrected chi connectivity index (χ4v) is 6.76. The number of carbonyl (C=O) groups excluding carboxylic acids is 2. The fourth-order valence-electron chi connectivity index (χ4n) is 6.57. The van der Waals surface area contributed by atoms with E-state index in [1.165, 1.54) is 19.3 Å². The lowest BCUT2D eigenvalue weighted by molar-refractivity contribution is -0.00614. The van der Waals surface area contributed by atoms with E-state index in [1.54, 1.807) is 36.4 Å². The molecule has 2 aromatic rings. The molecule has 4 heteroatoms. The zero-order valence-corrected chi connectivity index (χ0v) is 16.6. The SMILES string of the molecule is O=C(S)c1ccccc1C(=O)c1ccc(O)c(C23CC4CC(CC(C4)C2)C3)c1. The lowest BCUT2D eigenvalue weighted by Crippen LogP contribution is -2.48. The summed E-state index contributed by atoms with van der Waals surface area (Å²) in [5.74, 6) is 2.38. The van der Waals surface area contributed by atoms with Crippen molar-refractivity contribution >= 4 is 23.5 Å². The van der Waals surface area contributed by atoms with Gasteiger partial charge in [-0.05, 0) is 86.0 Å². The first-order chi connectivity index (χ1) is 13.4. The van der Waals surface area contributed by atoms with Gasteiger partial charge >= 0.3 is 0 Å². The molecule has 0 unspecified atom stereocenters. The predicted octanol–water partition coefficient (Wildman–Crippen LogP) is 5.16. The van der Waals surface area contributed by atoms with E-state index in [4.69, 9.17) is 0 Å². The monoisotopic (exact) mass is 392 g/mol. The predicted molar refractivity (Wildman–Crippen MR) is 111 cm³/mol. The number of phenolic OH excluding ortho intramolecular Hbond substituents is 1. The summed E-state index contributed by atoms with van der Waals surface area (Å²) >= 11 is 3.91. The van der Waals surface area contributed by atoms with Gasteiger partial charge in [-0.3, -0.25) is 9.59 Å². The highest BCUT2D eigenvalue weighted by molar-refractivity contribution is 7.97. The molecule has 6 rings (SSSR count). The molecule has 4 fully saturated rings. The second-order valence-corrected chi connectivity index (χ2v) is 9.52. The van der Waals surface area contributed by atoms with E-state index in [0.29, 0.717) is 22.4 Å². The Hall–Kier alpha value is -2.07. The minimum absolute atomic E-state index is 0.00794. The Morgan fingerprint density at radius 2 is 1.46 bits per heavy atom. The normalized spacial score (nSPS) is 30.4. The van der Waals surface area contributed by atoms with Crippen LogP contribution in [0.5, 0.6) is 5.75 Å². The van der Waals surface area contributed by atoms with E-state index in [-0.39, 0.29) is 11.2 Å². The van der Waals surface area contributed by atoms with Gasteiger partial charge in [0.15, 0.2) is 5.78 Å². The Labute approximate surface area is 170 Å². The summed E-state index contributed by atoms with van der Waals surface area (Å²) in [6.07, 6.45) is 7.35.